The Kier molecular flexibility index (Phi) is 6.66. The smallest absolute Gasteiger partial charge is 0.251 e. The van der Waals surface area contributed by atoms with Gasteiger partial charge in [0.15, 0.2) is 0 Å². The predicted octanol–water partition coefficient (Wildman–Crippen LogP) is 3.89. The van der Waals surface area contributed by atoms with E-state index in [0.717, 1.165) is 31.8 Å². The average molecular weight is 364 g/mol. The maximum absolute atomic E-state index is 12.5. The van der Waals surface area contributed by atoms with Crippen LogP contribution in [0, 0.1) is 5.92 Å². The van der Waals surface area contributed by atoms with Crippen LogP contribution in [-0.2, 0) is 6.54 Å². The number of likely N-dealkylation sites (tertiary alicyclic amines) is 1. The highest BCUT2D eigenvalue weighted by atomic mass is 16.5. The van der Waals surface area contributed by atoms with Crippen LogP contribution < -0.4 is 10.1 Å². The van der Waals surface area contributed by atoms with Gasteiger partial charge in [0.2, 0.25) is 0 Å². The number of benzene rings is 2. The second kappa shape index (κ2) is 9.38. The Morgan fingerprint density at radius 3 is 2.70 bits per heavy atom. The van der Waals surface area contributed by atoms with Gasteiger partial charge in [-0.1, -0.05) is 43.0 Å². The molecule has 1 heterocycles. The molecule has 1 aliphatic rings. The van der Waals surface area contributed by atoms with Crippen LogP contribution in [0.2, 0.25) is 0 Å². The summed E-state index contributed by atoms with van der Waals surface area (Å²) in [6.45, 7) is 9.27. The number of carbonyl (C=O) groups is 1. The molecule has 0 aliphatic carbocycles. The monoisotopic (exact) mass is 364 g/mol. The van der Waals surface area contributed by atoms with Gasteiger partial charge in [0.05, 0.1) is 0 Å². The molecular weight excluding hydrogens is 336 g/mol. The van der Waals surface area contributed by atoms with Crippen molar-refractivity contribution in [1.82, 2.24) is 10.2 Å². The minimum atomic E-state index is -0.0284. The van der Waals surface area contributed by atoms with Crippen molar-refractivity contribution in [3.63, 3.8) is 0 Å². The number of hydrogen-bond donors (Lipinski definition) is 1. The zero-order chi connectivity index (χ0) is 19.1. The Balaban J connectivity index is 1.49. The van der Waals surface area contributed by atoms with Gasteiger partial charge in [-0.25, -0.2) is 0 Å². The Hall–Kier alpha value is -2.59. The highest BCUT2D eigenvalue weighted by molar-refractivity contribution is 5.94. The molecule has 2 aromatic carbocycles. The Bertz CT molecular complexity index is 743. The lowest BCUT2D eigenvalue weighted by Gasteiger charge is -2.22. The number of nitrogens with one attached hydrogen (secondary N) is 1. The largest absolute Gasteiger partial charge is 0.490 e. The molecule has 0 bridgehead atoms. The van der Waals surface area contributed by atoms with Gasteiger partial charge >= 0.3 is 0 Å². The lowest BCUT2D eigenvalue weighted by molar-refractivity contribution is 0.0927. The molecule has 27 heavy (non-hydrogen) atoms. The lowest BCUT2D eigenvalue weighted by Crippen LogP contribution is -2.39. The summed E-state index contributed by atoms with van der Waals surface area (Å²) in [5.74, 6) is 1.19. The number of hydrogen-bond acceptors (Lipinski definition) is 3. The van der Waals surface area contributed by atoms with Gasteiger partial charge < -0.3 is 10.1 Å². The van der Waals surface area contributed by atoms with E-state index in [2.05, 4.69) is 48.0 Å². The second-order valence-electron chi connectivity index (χ2n) is 7.16. The molecule has 3 rings (SSSR count). The van der Waals surface area contributed by atoms with Crippen LogP contribution in [0.4, 0.5) is 0 Å². The number of ether oxygens (including phenoxy) is 1. The molecule has 1 saturated heterocycles. The highest BCUT2D eigenvalue weighted by Crippen LogP contribution is 2.22. The third-order valence-corrected chi connectivity index (χ3v) is 5.11. The van der Waals surface area contributed by atoms with E-state index < -0.39 is 0 Å². The van der Waals surface area contributed by atoms with Crippen molar-refractivity contribution in [3.8, 4) is 5.75 Å². The SMILES string of the molecule is C=CCOc1ccc(C(=O)NC(C)C2CCN(Cc3ccccc3)C2)cc1. The van der Waals surface area contributed by atoms with Gasteiger partial charge in [0, 0.05) is 24.7 Å². The molecule has 0 radical (unpaired) electrons. The van der Waals surface area contributed by atoms with Gasteiger partial charge in [-0.2, -0.15) is 0 Å². The maximum Gasteiger partial charge on any atom is 0.251 e. The van der Waals surface area contributed by atoms with E-state index >= 15 is 0 Å². The fraction of sp³-hybridized carbons (Fsp3) is 0.348. The van der Waals surface area contributed by atoms with Crippen molar-refractivity contribution in [2.24, 2.45) is 5.92 Å². The van der Waals surface area contributed by atoms with E-state index in [1.165, 1.54) is 5.56 Å². The zero-order valence-electron chi connectivity index (χ0n) is 15.9. The molecular formula is C23H28N2O2. The van der Waals surface area contributed by atoms with E-state index in [1.807, 2.05) is 18.2 Å². The topological polar surface area (TPSA) is 41.6 Å². The van der Waals surface area contributed by atoms with Crippen LogP contribution >= 0.6 is 0 Å². The molecule has 2 aromatic rings. The molecule has 1 aliphatic heterocycles. The normalized spacial score (nSPS) is 18.0. The van der Waals surface area contributed by atoms with Gasteiger partial charge in [0.25, 0.3) is 5.91 Å². The number of carbonyl (C=O) groups excluding carboxylic acids is 1. The third kappa shape index (κ3) is 5.44. The first-order valence-electron chi connectivity index (χ1n) is 9.56. The summed E-state index contributed by atoms with van der Waals surface area (Å²) < 4.78 is 5.46. The fourth-order valence-electron chi connectivity index (χ4n) is 3.52. The molecule has 0 spiro atoms. The standard InChI is InChI=1S/C23H28N2O2/c1-3-15-27-22-11-9-20(10-12-22)23(26)24-18(2)21-13-14-25(17-21)16-19-7-5-4-6-8-19/h3-12,18,21H,1,13-17H2,2H3,(H,24,26). The molecule has 1 N–H and O–H groups in total. The summed E-state index contributed by atoms with van der Waals surface area (Å²) in [4.78, 5) is 15.0. The predicted molar refractivity (Wildman–Crippen MR) is 109 cm³/mol. The lowest BCUT2D eigenvalue weighted by atomic mass is 10.00. The van der Waals surface area contributed by atoms with Gasteiger partial charge in [-0.05, 0) is 55.6 Å². The summed E-state index contributed by atoms with van der Waals surface area (Å²) >= 11 is 0. The Labute approximate surface area is 161 Å². The first-order chi connectivity index (χ1) is 13.2. The quantitative estimate of drug-likeness (QED) is 0.723. The number of nitrogens with zero attached hydrogens (tertiary/aromatic N) is 1. The molecule has 142 valence electrons. The van der Waals surface area contributed by atoms with E-state index in [1.54, 1.807) is 18.2 Å². The third-order valence-electron chi connectivity index (χ3n) is 5.11. The molecule has 0 saturated carbocycles. The van der Waals surface area contributed by atoms with Gasteiger partial charge in [-0.15, -0.1) is 0 Å². The zero-order valence-corrected chi connectivity index (χ0v) is 15.9. The minimum absolute atomic E-state index is 0.0284. The van der Waals surface area contributed by atoms with Crippen LogP contribution in [0.15, 0.2) is 67.3 Å². The summed E-state index contributed by atoms with van der Waals surface area (Å²) in [5.41, 5.74) is 2.00. The molecule has 2 atom stereocenters. The van der Waals surface area contributed by atoms with Crippen molar-refractivity contribution >= 4 is 5.91 Å². The Morgan fingerprint density at radius 2 is 2.00 bits per heavy atom. The minimum Gasteiger partial charge on any atom is -0.490 e. The highest BCUT2D eigenvalue weighted by Gasteiger charge is 2.28. The Morgan fingerprint density at radius 1 is 1.26 bits per heavy atom. The van der Waals surface area contributed by atoms with E-state index in [0.29, 0.717) is 18.1 Å². The molecule has 1 fully saturated rings. The number of rotatable bonds is 8. The summed E-state index contributed by atoms with van der Waals surface area (Å²) in [5, 5.41) is 3.16. The summed E-state index contributed by atoms with van der Waals surface area (Å²) in [6, 6.07) is 17.9. The van der Waals surface area contributed by atoms with E-state index in [-0.39, 0.29) is 11.9 Å². The van der Waals surface area contributed by atoms with Crippen molar-refractivity contribution in [1.29, 1.82) is 0 Å². The summed E-state index contributed by atoms with van der Waals surface area (Å²) in [7, 11) is 0. The van der Waals surface area contributed by atoms with Crippen molar-refractivity contribution < 1.29 is 9.53 Å². The van der Waals surface area contributed by atoms with Crippen LogP contribution in [0.5, 0.6) is 5.75 Å². The molecule has 2 unspecified atom stereocenters. The second-order valence-corrected chi connectivity index (χ2v) is 7.16. The molecule has 1 amide bonds. The molecule has 4 heteroatoms. The molecule has 0 aromatic heterocycles. The maximum atomic E-state index is 12.5. The number of amides is 1. The van der Waals surface area contributed by atoms with Crippen molar-refractivity contribution in [2.45, 2.75) is 25.9 Å². The van der Waals surface area contributed by atoms with Crippen LogP contribution in [0.1, 0.15) is 29.3 Å². The van der Waals surface area contributed by atoms with Gasteiger partial charge in [0.1, 0.15) is 12.4 Å². The van der Waals surface area contributed by atoms with Crippen LogP contribution in [0.25, 0.3) is 0 Å². The average Bonchev–Trinajstić information content (AvgIpc) is 3.16. The van der Waals surface area contributed by atoms with E-state index in [9.17, 15) is 4.79 Å². The van der Waals surface area contributed by atoms with Crippen molar-refractivity contribution in [2.75, 3.05) is 19.7 Å². The summed E-state index contributed by atoms with van der Waals surface area (Å²) in [6.07, 6.45) is 2.81. The fourth-order valence-corrected chi connectivity index (χ4v) is 3.52. The van der Waals surface area contributed by atoms with Crippen molar-refractivity contribution in [3.05, 3.63) is 78.4 Å². The molecule has 4 nitrogen and oxygen atoms in total. The first-order valence-corrected chi connectivity index (χ1v) is 9.56. The van der Waals surface area contributed by atoms with Gasteiger partial charge in [-0.3, -0.25) is 9.69 Å². The van der Waals surface area contributed by atoms with Crippen LogP contribution in [-0.4, -0.2) is 36.5 Å². The van der Waals surface area contributed by atoms with Crippen LogP contribution in [0.3, 0.4) is 0 Å². The first kappa shape index (κ1) is 19.2. The van der Waals surface area contributed by atoms with E-state index in [4.69, 9.17) is 4.74 Å².